The number of H-pyrrole nitrogens is 1. The van der Waals surface area contributed by atoms with Crippen molar-refractivity contribution >= 4 is 5.97 Å². The Morgan fingerprint density at radius 2 is 2.19 bits per heavy atom. The van der Waals surface area contributed by atoms with Crippen LogP contribution in [0.4, 0.5) is 0 Å². The Kier molecular flexibility index (Phi) is 7.01. The van der Waals surface area contributed by atoms with Crippen LogP contribution in [0.25, 0.3) is 0 Å². The molecule has 0 unspecified atom stereocenters. The molecule has 1 aliphatic rings. The van der Waals surface area contributed by atoms with Gasteiger partial charge in [-0.25, -0.2) is 4.79 Å². The van der Waals surface area contributed by atoms with E-state index in [4.69, 9.17) is 4.74 Å². The third-order valence-corrected chi connectivity index (χ3v) is 5.28. The largest absolute Gasteiger partial charge is 0.461 e. The molecule has 1 aliphatic heterocycles. The summed E-state index contributed by atoms with van der Waals surface area (Å²) >= 11 is 0. The molecule has 1 atom stereocenters. The zero-order valence-electron chi connectivity index (χ0n) is 16.4. The summed E-state index contributed by atoms with van der Waals surface area (Å²) in [7, 11) is 2.13. The SMILES string of the molecule is CCOC(=O)c1[nH]ncc1CN(C)[C@H]1CCCN(CCc2ccccc2)C1. The maximum absolute atomic E-state index is 12.0. The first-order chi connectivity index (χ1) is 13.2. The molecule has 0 aliphatic carbocycles. The molecule has 1 saturated heterocycles. The molecule has 0 bridgehead atoms. The van der Waals surface area contributed by atoms with Crippen molar-refractivity contribution in [2.75, 3.05) is 33.3 Å². The monoisotopic (exact) mass is 370 g/mol. The van der Waals surface area contributed by atoms with Gasteiger partial charge in [-0.15, -0.1) is 0 Å². The van der Waals surface area contributed by atoms with Gasteiger partial charge in [-0.1, -0.05) is 30.3 Å². The van der Waals surface area contributed by atoms with Crippen molar-refractivity contribution in [2.24, 2.45) is 0 Å². The predicted octanol–water partition coefficient (Wildman–Crippen LogP) is 2.73. The number of carbonyl (C=O) groups excluding carboxylic acids is 1. The van der Waals surface area contributed by atoms with Crippen molar-refractivity contribution in [1.82, 2.24) is 20.0 Å². The quantitative estimate of drug-likeness (QED) is 0.724. The lowest BCUT2D eigenvalue weighted by Crippen LogP contribution is -2.46. The van der Waals surface area contributed by atoms with Crippen LogP contribution >= 0.6 is 0 Å². The van der Waals surface area contributed by atoms with E-state index in [0.29, 0.717) is 24.9 Å². The summed E-state index contributed by atoms with van der Waals surface area (Å²) in [6.07, 6.45) is 5.22. The Balaban J connectivity index is 1.53. The highest BCUT2D eigenvalue weighted by atomic mass is 16.5. The van der Waals surface area contributed by atoms with Crippen molar-refractivity contribution < 1.29 is 9.53 Å². The Morgan fingerprint density at radius 3 is 2.96 bits per heavy atom. The van der Waals surface area contributed by atoms with Crippen LogP contribution in [0.2, 0.25) is 0 Å². The van der Waals surface area contributed by atoms with Crippen LogP contribution in [-0.2, 0) is 17.7 Å². The third-order valence-electron chi connectivity index (χ3n) is 5.28. The summed E-state index contributed by atoms with van der Waals surface area (Å²) < 4.78 is 5.11. The average Bonchev–Trinajstić information content (AvgIpc) is 3.16. The van der Waals surface area contributed by atoms with Crippen LogP contribution in [0.5, 0.6) is 0 Å². The highest BCUT2D eigenvalue weighted by molar-refractivity contribution is 5.88. The van der Waals surface area contributed by atoms with Crippen molar-refractivity contribution in [3.05, 3.63) is 53.3 Å². The van der Waals surface area contributed by atoms with E-state index < -0.39 is 0 Å². The maximum atomic E-state index is 12.0. The van der Waals surface area contributed by atoms with Gasteiger partial charge in [-0.3, -0.25) is 10.00 Å². The predicted molar refractivity (Wildman–Crippen MR) is 106 cm³/mol. The fourth-order valence-electron chi connectivity index (χ4n) is 3.73. The molecule has 3 rings (SSSR count). The molecule has 1 aromatic carbocycles. The molecule has 6 nitrogen and oxygen atoms in total. The Labute approximate surface area is 161 Å². The second kappa shape index (κ2) is 9.67. The highest BCUT2D eigenvalue weighted by Gasteiger charge is 2.25. The van der Waals surface area contributed by atoms with E-state index in [0.717, 1.165) is 31.6 Å². The molecular formula is C21H30N4O2. The normalized spacial score (nSPS) is 18.0. The third kappa shape index (κ3) is 5.40. The summed E-state index contributed by atoms with van der Waals surface area (Å²) in [5.41, 5.74) is 2.77. The Morgan fingerprint density at radius 1 is 1.37 bits per heavy atom. The summed E-state index contributed by atoms with van der Waals surface area (Å²) in [6, 6.07) is 11.2. The molecule has 146 valence electrons. The molecule has 0 saturated carbocycles. The zero-order valence-corrected chi connectivity index (χ0v) is 16.4. The molecule has 1 N–H and O–H groups in total. The van der Waals surface area contributed by atoms with Gasteiger partial charge in [-0.2, -0.15) is 5.10 Å². The first-order valence-electron chi connectivity index (χ1n) is 9.83. The molecule has 1 aromatic heterocycles. The van der Waals surface area contributed by atoms with Gasteiger partial charge in [0.1, 0.15) is 5.69 Å². The molecule has 1 fully saturated rings. The maximum Gasteiger partial charge on any atom is 0.356 e. The summed E-state index contributed by atoms with van der Waals surface area (Å²) in [4.78, 5) is 16.9. The second-order valence-electron chi connectivity index (χ2n) is 7.24. The summed E-state index contributed by atoms with van der Waals surface area (Å²) in [5.74, 6) is -0.327. The van der Waals surface area contributed by atoms with E-state index in [2.05, 4.69) is 57.4 Å². The lowest BCUT2D eigenvalue weighted by atomic mass is 10.0. The van der Waals surface area contributed by atoms with Gasteiger partial charge in [0.25, 0.3) is 0 Å². The van der Waals surface area contributed by atoms with E-state index in [-0.39, 0.29) is 5.97 Å². The van der Waals surface area contributed by atoms with E-state index in [9.17, 15) is 4.79 Å². The first kappa shape index (κ1) is 19.6. The van der Waals surface area contributed by atoms with Crippen LogP contribution in [0, 0.1) is 0 Å². The second-order valence-corrected chi connectivity index (χ2v) is 7.24. The minimum absolute atomic E-state index is 0.327. The number of nitrogens with one attached hydrogen (secondary N) is 1. The lowest BCUT2D eigenvalue weighted by Gasteiger charge is -2.37. The number of piperidine rings is 1. The zero-order chi connectivity index (χ0) is 19.1. The Hall–Kier alpha value is -2.18. The minimum Gasteiger partial charge on any atom is -0.461 e. The van der Waals surface area contributed by atoms with Gasteiger partial charge in [0.15, 0.2) is 0 Å². The van der Waals surface area contributed by atoms with Gasteiger partial charge in [0, 0.05) is 31.2 Å². The smallest absolute Gasteiger partial charge is 0.356 e. The number of likely N-dealkylation sites (N-methyl/N-ethyl adjacent to an activating group) is 1. The van der Waals surface area contributed by atoms with Gasteiger partial charge in [0.05, 0.1) is 12.8 Å². The molecule has 0 amide bonds. The highest BCUT2D eigenvalue weighted by Crippen LogP contribution is 2.18. The summed E-state index contributed by atoms with van der Waals surface area (Å²) in [5, 5.41) is 6.82. The molecule has 0 radical (unpaired) electrons. The minimum atomic E-state index is -0.327. The van der Waals surface area contributed by atoms with E-state index in [1.54, 1.807) is 6.20 Å². The van der Waals surface area contributed by atoms with Crippen LogP contribution in [0.1, 0.15) is 41.4 Å². The molecular weight excluding hydrogens is 340 g/mol. The topological polar surface area (TPSA) is 61.5 Å². The van der Waals surface area contributed by atoms with E-state index >= 15 is 0 Å². The number of benzene rings is 1. The van der Waals surface area contributed by atoms with Crippen molar-refractivity contribution in [3.63, 3.8) is 0 Å². The number of esters is 1. The van der Waals surface area contributed by atoms with Crippen molar-refractivity contribution in [2.45, 2.75) is 38.8 Å². The molecule has 0 spiro atoms. The van der Waals surface area contributed by atoms with Gasteiger partial charge in [-0.05, 0) is 45.3 Å². The number of nitrogens with zero attached hydrogens (tertiary/aromatic N) is 3. The lowest BCUT2D eigenvalue weighted by molar-refractivity contribution is 0.0515. The van der Waals surface area contributed by atoms with Crippen LogP contribution < -0.4 is 0 Å². The van der Waals surface area contributed by atoms with Crippen molar-refractivity contribution in [1.29, 1.82) is 0 Å². The fraction of sp³-hybridized carbons (Fsp3) is 0.524. The van der Waals surface area contributed by atoms with Crippen molar-refractivity contribution in [3.8, 4) is 0 Å². The van der Waals surface area contributed by atoms with E-state index in [1.165, 1.54) is 18.4 Å². The van der Waals surface area contributed by atoms with Gasteiger partial charge < -0.3 is 9.64 Å². The summed E-state index contributed by atoms with van der Waals surface area (Å²) in [6.45, 7) is 6.20. The number of likely N-dealkylation sites (tertiary alicyclic amines) is 1. The number of ether oxygens (including phenoxy) is 1. The fourth-order valence-corrected chi connectivity index (χ4v) is 3.73. The standard InChI is InChI=1S/C21H30N4O2/c1-3-27-21(26)20-18(14-22-23-20)15-24(2)19-10-7-12-25(16-19)13-11-17-8-5-4-6-9-17/h4-6,8-9,14,19H,3,7,10-13,15-16H2,1-2H3,(H,22,23)/t19-/m0/s1. The van der Waals surface area contributed by atoms with E-state index in [1.807, 2.05) is 6.92 Å². The van der Waals surface area contributed by atoms with Crippen LogP contribution in [-0.4, -0.2) is 65.3 Å². The number of carbonyl (C=O) groups is 1. The number of hydrogen-bond donors (Lipinski definition) is 1. The average molecular weight is 370 g/mol. The number of aromatic amines is 1. The van der Waals surface area contributed by atoms with Gasteiger partial charge in [0.2, 0.25) is 0 Å². The number of rotatable bonds is 8. The molecule has 6 heteroatoms. The van der Waals surface area contributed by atoms with Crippen LogP contribution in [0.15, 0.2) is 36.5 Å². The van der Waals surface area contributed by atoms with Gasteiger partial charge >= 0.3 is 5.97 Å². The first-order valence-corrected chi connectivity index (χ1v) is 9.83. The number of hydrogen-bond acceptors (Lipinski definition) is 5. The van der Waals surface area contributed by atoms with Crippen LogP contribution in [0.3, 0.4) is 0 Å². The molecule has 2 aromatic rings. The molecule has 27 heavy (non-hydrogen) atoms. The Bertz CT molecular complexity index is 716. The molecule has 2 heterocycles. The number of aromatic nitrogens is 2.